The lowest BCUT2D eigenvalue weighted by atomic mass is 9.71. The van der Waals surface area contributed by atoms with Gasteiger partial charge in [-0.05, 0) is 50.8 Å². The number of hydrogen-bond acceptors (Lipinski definition) is 9. The molecule has 0 amide bonds. The fraction of sp³-hybridized carbons (Fsp3) is 0.455. The van der Waals surface area contributed by atoms with Crippen LogP contribution in [0.4, 0.5) is 10.9 Å². The van der Waals surface area contributed by atoms with Gasteiger partial charge in [-0.1, -0.05) is 5.16 Å². The van der Waals surface area contributed by atoms with Crippen molar-refractivity contribution < 1.29 is 4.52 Å². The van der Waals surface area contributed by atoms with E-state index in [1.165, 1.54) is 16.2 Å². The first-order chi connectivity index (χ1) is 15.1. The number of nitriles is 1. The molecule has 0 radical (unpaired) electrons. The third-order valence-electron chi connectivity index (χ3n) is 6.33. The zero-order valence-corrected chi connectivity index (χ0v) is 18.3. The second-order valence-corrected chi connectivity index (χ2v) is 9.48. The Morgan fingerprint density at radius 2 is 2.19 bits per heavy atom. The number of nitrogens with zero attached hydrogens (tertiary/aromatic N) is 5. The zero-order chi connectivity index (χ0) is 21.4. The monoisotopic (exact) mass is 435 g/mol. The second kappa shape index (κ2) is 7.94. The average molecular weight is 436 g/mol. The molecular formula is C22H25N7OS. The summed E-state index contributed by atoms with van der Waals surface area (Å²) >= 11 is 1.52. The van der Waals surface area contributed by atoms with Crippen LogP contribution in [-0.2, 0) is 11.8 Å². The van der Waals surface area contributed by atoms with E-state index in [1.54, 1.807) is 6.20 Å². The lowest BCUT2D eigenvalue weighted by Gasteiger charge is -2.31. The van der Waals surface area contributed by atoms with Crippen molar-refractivity contribution in [1.82, 2.24) is 20.4 Å². The van der Waals surface area contributed by atoms with Crippen LogP contribution >= 0.6 is 11.3 Å². The lowest BCUT2D eigenvalue weighted by molar-refractivity contribution is 0.310. The molecule has 1 atom stereocenters. The van der Waals surface area contributed by atoms with E-state index in [4.69, 9.17) is 15.2 Å². The second-order valence-electron chi connectivity index (χ2n) is 8.35. The summed E-state index contributed by atoms with van der Waals surface area (Å²) in [5.74, 6) is 1.46. The molecule has 4 heterocycles. The van der Waals surface area contributed by atoms with E-state index >= 15 is 0 Å². The summed E-state index contributed by atoms with van der Waals surface area (Å²) in [7, 11) is 0. The molecule has 1 aliphatic heterocycles. The molecule has 9 heteroatoms. The highest BCUT2D eigenvalue weighted by Gasteiger charge is 2.41. The van der Waals surface area contributed by atoms with Gasteiger partial charge in [0, 0.05) is 36.8 Å². The van der Waals surface area contributed by atoms with Gasteiger partial charge in [0.1, 0.15) is 22.5 Å². The molecule has 3 N–H and O–H groups in total. The molecule has 2 aliphatic rings. The van der Waals surface area contributed by atoms with Gasteiger partial charge in [-0.15, -0.1) is 11.3 Å². The van der Waals surface area contributed by atoms with Gasteiger partial charge in [-0.25, -0.2) is 9.97 Å². The van der Waals surface area contributed by atoms with Crippen molar-refractivity contribution in [2.24, 2.45) is 0 Å². The molecule has 1 fully saturated rings. The molecule has 1 saturated heterocycles. The molecule has 31 heavy (non-hydrogen) atoms. The third kappa shape index (κ3) is 3.46. The Hall–Kier alpha value is -2.96. The van der Waals surface area contributed by atoms with Crippen molar-refractivity contribution in [2.45, 2.75) is 38.0 Å². The zero-order valence-electron chi connectivity index (χ0n) is 17.5. The maximum absolute atomic E-state index is 9.70. The number of nitrogen functional groups attached to an aromatic ring is 1. The number of aryl methyl sites for hydroxylation is 1. The normalized spacial score (nSPS) is 21.4. The van der Waals surface area contributed by atoms with Crippen LogP contribution in [0.2, 0.25) is 0 Å². The number of hydrogen-bond donors (Lipinski definition) is 2. The van der Waals surface area contributed by atoms with Gasteiger partial charge < -0.3 is 20.5 Å². The molecule has 0 saturated carbocycles. The number of aromatic nitrogens is 3. The maximum atomic E-state index is 9.70. The summed E-state index contributed by atoms with van der Waals surface area (Å²) in [5, 5.41) is 18.0. The van der Waals surface area contributed by atoms with Crippen LogP contribution in [-0.4, -0.2) is 41.3 Å². The van der Waals surface area contributed by atoms with Crippen molar-refractivity contribution >= 4 is 22.3 Å². The largest absolute Gasteiger partial charge is 0.389 e. The Balaban J connectivity index is 1.49. The number of rotatable bonds is 3. The average Bonchev–Trinajstić information content (AvgIpc) is 3.30. The minimum atomic E-state index is -0.426. The molecule has 3 aromatic heterocycles. The molecular weight excluding hydrogens is 410 g/mol. The Labute approximate surface area is 185 Å². The van der Waals surface area contributed by atoms with Crippen molar-refractivity contribution in [2.75, 3.05) is 36.8 Å². The van der Waals surface area contributed by atoms with Crippen molar-refractivity contribution in [3.05, 3.63) is 40.1 Å². The molecule has 5 rings (SSSR count). The quantitative estimate of drug-likeness (QED) is 0.645. The molecule has 8 nitrogen and oxygen atoms in total. The van der Waals surface area contributed by atoms with E-state index in [9.17, 15) is 5.26 Å². The van der Waals surface area contributed by atoms with Crippen LogP contribution in [0.5, 0.6) is 0 Å². The predicted octanol–water partition coefficient (Wildman–Crippen LogP) is 3.09. The summed E-state index contributed by atoms with van der Waals surface area (Å²) in [6.07, 6.45) is 5.69. The van der Waals surface area contributed by atoms with Crippen LogP contribution in [0.1, 0.15) is 48.0 Å². The van der Waals surface area contributed by atoms with Crippen LogP contribution in [0.3, 0.4) is 0 Å². The highest BCUT2D eigenvalue weighted by atomic mass is 32.1. The summed E-state index contributed by atoms with van der Waals surface area (Å²) in [6.45, 7) is 5.87. The van der Waals surface area contributed by atoms with Gasteiger partial charge in [0.25, 0.3) is 0 Å². The highest BCUT2D eigenvalue weighted by molar-refractivity contribution is 7.16. The van der Waals surface area contributed by atoms with Crippen LogP contribution in [0.15, 0.2) is 22.9 Å². The minimum Gasteiger partial charge on any atom is -0.389 e. The standard InChI is InChI=1S/C22H25N7OS/c1-22(6-2-4-17-19(22)14(13-23)20(24)31-17)18-12-16(28-30-18)15-5-8-26-21(27-15)29-10-3-7-25-9-11-29/h5,8,12,25H,2-4,6-7,9-11,24H2,1H3. The van der Waals surface area contributed by atoms with Gasteiger partial charge >= 0.3 is 0 Å². The smallest absolute Gasteiger partial charge is 0.225 e. The highest BCUT2D eigenvalue weighted by Crippen LogP contribution is 2.49. The number of thiophene rings is 1. The summed E-state index contributed by atoms with van der Waals surface area (Å²) in [5.41, 5.74) is 8.73. The number of anilines is 2. The van der Waals surface area contributed by atoms with Crippen LogP contribution < -0.4 is 16.0 Å². The van der Waals surface area contributed by atoms with Crippen LogP contribution in [0.25, 0.3) is 11.4 Å². The van der Waals surface area contributed by atoms with E-state index in [1.807, 2.05) is 12.1 Å². The van der Waals surface area contributed by atoms with Crippen molar-refractivity contribution in [3.8, 4) is 17.5 Å². The molecule has 160 valence electrons. The van der Waals surface area contributed by atoms with Gasteiger partial charge in [0.2, 0.25) is 5.95 Å². The summed E-state index contributed by atoms with van der Waals surface area (Å²) in [4.78, 5) is 12.6. The maximum Gasteiger partial charge on any atom is 0.225 e. The molecule has 3 aromatic rings. The van der Waals surface area contributed by atoms with Crippen molar-refractivity contribution in [3.63, 3.8) is 0 Å². The molecule has 1 unspecified atom stereocenters. The lowest BCUT2D eigenvalue weighted by Crippen LogP contribution is -2.29. The Bertz CT molecular complexity index is 1140. The van der Waals surface area contributed by atoms with Crippen molar-refractivity contribution in [1.29, 1.82) is 5.26 Å². The summed E-state index contributed by atoms with van der Waals surface area (Å²) in [6, 6.07) is 6.13. The molecule has 1 aliphatic carbocycles. The van der Waals surface area contributed by atoms with Gasteiger partial charge in [-0.3, -0.25) is 0 Å². The molecule has 0 bridgehead atoms. The molecule has 0 spiro atoms. The Kier molecular flexibility index (Phi) is 5.12. The number of nitrogens with two attached hydrogens (primary N) is 1. The van der Waals surface area contributed by atoms with Gasteiger partial charge in [-0.2, -0.15) is 5.26 Å². The van der Waals surface area contributed by atoms with E-state index in [2.05, 4.69) is 33.4 Å². The Morgan fingerprint density at radius 1 is 1.29 bits per heavy atom. The van der Waals surface area contributed by atoms with E-state index < -0.39 is 5.41 Å². The van der Waals surface area contributed by atoms with Gasteiger partial charge in [0.05, 0.1) is 16.7 Å². The topological polar surface area (TPSA) is 117 Å². The van der Waals surface area contributed by atoms with E-state index in [-0.39, 0.29) is 0 Å². The Morgan fingerprint density at radius 3 is 3.06 bits per heavy atom. The summed E-state index contributed by atoms with van der Waals surface area (Å²) < 4.78 is 5.85. The SMILES string of the molecule is CC1(c2cc(-c3ccnc(N4CCCNCC4)n3)no2)CCCc2sc(N)c(C#N)c21. The first-order valence-electron chi connectivity index (χ1n) is 10.7. The number of nitrogens with one attached hydrogen (secondary N) is 1. The third-order valence-corrected chi connectivity index (χ3v) is 7.41. The van der Waals surface area contributed by atoms with E-state index in [0.717, 1.165) is 68.9 Å². The fourth-order valence-corrected chi connectivity index (χ4v) is 5.88. The fourth-order valence-electron chi connectivity index (χ4n) is 4.69. The van der Waals surface area contributed by atoms with Crippen LogP contribution in [0, 0.1) is 11.3 Å². The van der Waals surface area contributed by atoms with E-state index in [0.29, 0.717) is 22.2 Å². The first-order valence-corrected chi connectivity index (χ1v) is 11.5. The predicted molar refractivity (Wildman–Crippen MR) is 120 cm³/mol. The first kappa shape index (κ1) is 20.0. The number of fused-ring (bicyclic) bond motifs is 1. The molecule has 0 aromatic carbocycles. The van der Waals surface area contributed by atoms with Gasteiger partial charge in [0.15, 0.2) is 0 Å². The minimum absolute atomic E-state index is 0.426.